The van der Waals surface area contributed by atoms with E-state index < -0.39 is 78.4 Å². The summed E-state index contributed by atoms with van der Waals surface area (Å²) in [4.78, 5) is 120. The second-order valence-corrected chi connectivity index (χ2v) is 20.1. The molecule has 35 heteroatoms. The van der Waals surface area contributed by atoms with Crippen molar-refractivity contribution in [2.24, 2.45) is 0 Å². The summed E-state index contributed by atoms with van der Waals surface area (Å²) in [5, 5.41) is 92.4. The number of nitrogens with zero attached hydrogens (tertiary/aromatic N) is 10. The van der Waals surface area contributed by atoms with Crippen LogP contribution in [0.5, 0.6) is 0 Å². The van der Waals surface area contributed by atoms with Gasteiger partial charge in [0.25, 0.3) is 17.4 Å². The lowest BCUT2D eigenvalue weighted by molar-refractivity contribution is -0.147. The van der Waals surface area contributed by atoms with Crippen molar-refractivity contribution in [3.05, 3.63) is 93.8 Å². The van der Waals surface area contributed by atoms with Crippen LogP contribution in [-0.2, 0) is 37.0 Å². The molecule has 4 heterocycles. The Balaban J connectivity index is 0.000000526. The Hall–Kier alpha value is -9.46. The molecule has 20 N–H and O–H groups in total. The molecule has 0 saturated carbocycles. The maximum Gasteiger partial charge on any atom is 0.326 e. The molecule has 0 bridgehead atoms. The van der Waals surface area contributed by atoms with Gasteiger partial charge in [-0.2, -0.15) is 15.0 Å². The zero-order valence-electron chi connectivity index (χ0n) is 53.1. The number of ether oxygens (including phenoxy) is 1. The minimum Gasteiger partial charge on any atom is -0.480 e. The van der Waals surface area contributed by atoms with Gasteiger partial charge in [0.1, 0.15) is 24.8 Å². The molecule has 93 heavy (non-hydrogen) atoms. The van der Waals surface area contributed by atoms with Gasteiger partial charge in [0.05, 0.1) is 75.0 Å². The molecule has 0 spiro atoms. The molecule has 4 aromatic heterocycles. The Kier molecular flexibility index (Phi) is 35.8. The van der Waals surface area contributed by atoms with E-state index in [1.165, 1.54) is 37.5 Å². The second-order valence-electron chi connectivity index (χ2n) is 20.1. The molecular weight excluding hydrogens is 1220 g/mol. The first-order chi connectivity index (χ1) is 44.2. The van der Waals surface area contributed by atoms with Crippen molar-refractivity contribution in [3.8, 4) is 0 Å². The van der Waals surface area contributed by atoms with Gasteiger partial charge in [-0.3, -0.25) is 29.0 Å². The number of benzene rings is 2. The van der Waals surface area contributed by atoms with E-state index in [4.69, 9.17) is 47.5 Å². The first-order valence-electron chi connectivity index (χ1n) is 29.3. The van der Waals surface area contributed by atoms with Gasteiger partial charge in [-0.25, -0.2) is 29.5 Å². The molecule has 3 amide bonds. The Morgan fingerprint density at radius 2 is 1.08 bits per heavy atom. The molecule has 6 rings (SSSR count). The van der Waals surface area contributed by atoms with Crippen molar-refractivity contribution in [1.82, 2.24) is 65.6 Å². The topological polar surface area (TPSA) is 553 Å². The van der Waals surface area contributed by atoms with Crippen LogP contribution in [0.3, 0.4) is 0 Å². The molecule has 4 unspecified atom stereocenters. The van der Waals surface area contributed by atoms with Gasteiger partial charge in [-0.1, -0.05) is 27.7 Å². The number of nitrogen functional groups attached to an aromatic ring is 3. The molecule has 512 valence electrons. The number of nitrogens with two attached hydrogens (primary N) is 3. The number of fused-ring (bicyclic) bond motifs is 2. The SMILES string of the molecule is CC.CC.CN(CC(O)CO)CC(O)CO.CN(CC(O)CO)CC(O)COC(=O)CC[C@H](NC(=O)c1ccc(N(C)Cc2cnc3nc(N)nc(N)c3n2)cc1)C(=O)O.CNC(=O)CC[C@H](NC(=O)c1ccc(NCc2cnc3nc(N)[nH]c(=O)c3n2)cc1)C(=O)O. The van der Waals surface area contributed by atoms with Crippen LogP contribution in [0.1, 0.15) is 85.5 Å². The quantitative estimate of drug-likeness (QED) is 0.0203. The number of aromatic nitrogens is 8. The number of carbonyl (C=O) groups excluding carboxylic acids is 4. The number of esters is 1. The van der Waals surface area contributed by atoms with Gasteiger partial charge in [0, 0.05) is 75.6 Å². The third-order valence-electron chi connectivity index (χ3n) is 12.5. The highest BCUT2D eigenvalue weighted by molar-refractivity contribution is 5.98. The number of aliphatic carboxylic acids is 2. The first kappa shape index (κ1) is 79.6. The number of amides is 3. The van der Waals surface area contributed by atoms with E-state index in [1.807, 2.05) is 39.6 Å². The number of carboxylic acids is 2. The zero-order valence-corrected chi connectivity index (χ0v) is 53.1. The highest BCUT2D eigenvalue weighted by atomic mass is 16.5. The number of aromatic amines is 1. The number of hydrogen-bond acceptors (Lipinski definition) is 29. The lowest BCUT2D eigenvalue weighted by atomic mass is 10.1. The summed E-state index contributed by atoms with van der Waals surface area (Å²) in [7, 11) is 6.56. The number of rotatable bonds is 31. The summed E-state index contributed by atoms with van der Waals surface area (Å²) >= 11 is 0. The molecule has 2 aromatic carbocycles. The van der Waals surface area contributed by atoms with E-state index in [9.17, 15) is 54.0 Å². The van der Waals surface area contributed by atoms with Gasteiger partial charge >= 0.3 is 17.9 Å². The number of nitrogens with one attached hydrogen (secondary N) is 5. The molecule has 35 nitrogen and oxygen atoms in total. The van der Waals surface area contributed by atoms with E-state index in [2.05, 4.69) is 61.1 Å². The summed E-state index contributed by atoms with van der Waals surface area (Å²) in [6.07, 6.45) is -1.18. The summed E-state index contributed by atoms with van der Waals surface area (Å²) in [6, 6.07) is 10.2. The molecule has 0 saturated heterocycles. The van der Waals surface area contributed by atoms with Crippen LogP contribution >= 0.6 is 0 Å². The van der Waals surface area contributed by atoms with E-state index in [0.29, 0.717) is 29.1 Å². The Morgan fingerprint density at radius 1 is 0.613 bits per heavy atom. The van der Waals surface area contributed by atoms with Gasteiger partial charge < -0.3 is 104 Å². The van der Waals surface area contributed by atoms with Crippen LogP contribution in [0.2, 0.25) is 0 Å². The van der Waals surface area contributed by atoms with Crippen LogP contribution in [0.25, 0.3) is 22.3 Å². The predicted octanol–water partition coefficient (Wildman–Crippen LogP) is -2.33. The van der Waals surface area contributed by atoms with Crippen molar-refractivity contribution in [2.75, 3.05) is 108 Å². The lowest BCUT2D eigenvalue weighted by Gasteiger charge is -2.22. The van der Waals surface area contributed by atoms with Crippen LogP contribution in [0.15, 0.2) is 65.7 Å². The standard InChI is InChI=1S/C27H37N9O8.C20H22N8O5.C7H17NO4.2C2H6/c1-35(11-18(38)13-37)12-19(39)14-44-21(40)8-7-20(26(42)43)32-25(41)15-3-5-17(6-4-15)36(2)10-16-9-30-24-22(31-16)23(28)33-27(29)34-24;1-22-14(29)7-6-13(19(32)33)26-17(30)10-2-4-11(5-3-10)23-8-12-9-24-16-15(25-12)18(31)28-20(21)27-16;1-8(2-6(11)4-9)3-7(12)5-10;2*1-2/h3-6,9,18-20,37-39H,7-8,10-14H2,1-2H3,(H,32,41)(H,42,43)(H4,28,29,30,33,34);2-5,9,13,23H,6-8H2,1H3,(H,22,29)(H,26,30)(H,32,33)(H3,21,24,27,28,31);6-7,9-12H,2-5H2,1H3;2*1-2H3/t18?,19?,20-;13-;;;/m00.../s1. The number of aliphatic hydroxyl groups excluding tert-OH is 7. The fourth-order valence-corrected chi connectivity index (χ4v) is 7.98. The third kappa shape index (κ3) is 28.7. The van der Waals surface area contributed by atoms with E-state index in [1.54, 1.807) is 54.4 Å². The molecular formula is C58H88N18O17. The normalized spacial score (nSPS) is 12.7. The fourth-order valence-electron chi connectivity index (χ4n) is 7.98. The van der Waals surface area contributed by atoms with E-state index in [-0.39, 0.29) is 130 Å². The molecule has 0 fully saturated rings. The minimum atomic E-state index is -1.35. The van der Waals surface area contributed by atoms with Crippen molar-refractivity contribution < 1.29 is 79.5 Å². The highest BCUT2D eigenvalue weighted by Gasteiger charge is 2.25. The third-order valence-corrected chi connectivity index (χ3v) is 12.5. The minimum absolute atomic E-state index is 0.000750. The molecule has 0 aliphatic rings. The molecule has 0 aliphatic carbocycles. The Labute approximate surface area is 535 Å². The van der Waals surface area contributed by atoms with Gasteiger partial charge in [0.2, 0.25) is 17.8 Å². The molecule has 6 atom stereocenters. The van der Waals surface area contributed by atoms with Crippen molar-refractivity contribution in [3.63, 3.8) is 0 Å². The van der Waals surface area contributed by atoms with Gasteiger partial charge in [0.15, 0.2) is 28.1 Å². The Morgan fingerprint density at radius 3 is 1.57 bits per heavy atom. The maximum atomic E-state index is 12.7. The zero-order chi connectivity index (χ0) is 69.9. The maximum absolute atomic E-state index is 12.7. The molecule has 6 aromatic rings. The number of hydrogen-bond donors (Lipinski definition) is 17. The highest BCUT2D eigenvalue weighted by Crippen LogP contribution is 2.20. The number of carboxylic acid groups (broad SMARTS) is 2. The van der Waals surface area contributed by atoms with Crippen LogP contribution in [-0.4, -0.2) is 249 Å². The number of anilines is 5. The van der Waals surface area contributed by atoms with Crippen molar-refractivity contribution >= 4 is 87.0 Å². The van der Waals surface area contributed by atoms with Gasteiger partial charge in [-0.15, -0.1) is 0 Å². The summed E-state index contributed by atoms with van der Waals surface area (Å²) in [6.45, 7) is 8.00. The lowest BCUT2D eigenvalue weighted by Crippen LogP contribution is -2.41. The summed E-state index contributed by atoms with van der Waals surface area (Å²) in [5.41, 5.74) is 20.2. The average Bonchev–Trinajstić information content (AvgIpc) is 0.879. The Bertz CT molecular complexity index is 3340. The summed E-state index contributed by atoms with van der Waals surface area (Å²) in [5.74, 6) is -4.74. The largest absolute Gasteiger partial charge is 0.480 e. The van der Waals surface area contributed by atoms with Crippen molar-refractivity contribution in [2.45, 2.75) is 103 Å². The predicted molar refractivity (Wildman–Crippen MR) is 343 cm³/mol. The second kappa shape index (κ2) is 41.8. The average molecular weight is 1310 g/mol. The smallest absolute Gasteiger partial charge is 0.326 e. The van der Waals surface area contributed by atoms with E-state index in [0.717, 1.165) is 5.69 Å². The van der Waals surface area contributed by atoms with Crippen LogP contribution < -0.4 is 48.9 Å². The first-order valence-corrected chi connectivity index (χ1v) is 29.3. The number of likely N-dealkylation sites (N-methyl/N-ethyl adjacent to an activating group) is 2. The monoisotopic (exact) mass is 1310 g/mol. The summed E-state index contributed by atoms with van der Waals surface area (Å²) < 4.78 is 5.00. The van der Waals surface area contributed by atoms with E-state index >= 15 is 0 Å². The molecule has 0 aliphatic heterocycles. The number of carbonyl (C=O) groups is 6. The van der Waals surface area contributed by atoms with Gasteiger partial charge in [-0.05, 0) is 75.5 Å². The van der Waals surface area contributed by atoms with Crippen LogP contribution in [0, 0.1) is 0 Å². The van der Waals surface area contributed by atoms with Crippen LogP contribution in [0.4, 0.5) is 29.1 Å². The van der Waals surface area contributed by atoms with Crippen molar-refractivity contribution in [1.29, 1.82) is 0 Å². The fraction of sp³-hybridized carbons (Fsp3) is 0.483. The number of H-pyrrole nitrogens is 1. The molecule has 0 radical (unpaired) electrons. The number of aliphatic hydroxyl groups is 7.